The Kier molecular flexibility index (Phi) is 10.5. The largest absolute Gasteiger partial charge is 0.497 e. The van der Waals surface area contributed by atoms with Crippen LogP contribution in [-0.4, -0.2) is 29.9 Å². The minimum Gasteiger partial charge on any atom is -0.497 e. The van der Waals surface area contributed by atoms with Crippen LogP contribution in [0.2, 0.25) is 15.1 Å². The Morgan fingerprint density at radius 2 is 1.45 bits per heavy atom. The first-order chi connectivity index (χ1) is 19.3. The molecular weight excluding hydrogens is 567 g/mol. The standard InChI is InChI=1S/C32H29Cl3N2O3/c1-40-28-15-9-24(10-16-28)21-37(31(38)18-23-7-12-26(33)13-8-23)30(17-22-5-3-2-4-6-22)32(39)36-20-25-11-14-27(34)19-29(25)35/h2-16,19,30H,17-18,20-21H2,1H3,(H,36,39)/t30-/m1/s1. The summed E-state index contributed by atoms with van der Waals surface area (Å²) in [6.45, 7) is 0.435. The van der Waals surface area contributed by atoms with Gasteiger partial charge in [-0.2, -0.15) is 0 Å². The molecule has 4 aromatic rings. The monoisotopic (exact) mass is 594 g/mol. The van der Waals surface area contributed by atoms with Gasteiger partial charge in [-0.1, -0.05) is 95.5 Å². The topological polar surface area (TPSA) is 58.6 Å². The van der Waals surface area contributed by atoms with E-state index in [4.69, 9.17) is 39.5 Å². The van der Waals surface area contributed by atoms with Crippen LogP contribution in [0.15, 0.2) is 97.1 Å². The van der Waals surface area contributed by atoms with Gasteiger partial charge in [0, 0.05) is 34.6 Å². The second-order valence-corrected chi connectivity index (χ2v) is 10.6. The van der Waals surface area contributed by atoms with Gasteiger partial charge in [0.2, 0.25) is 11.8 Å². The highest BCUT2D eigenvalue weighted by Crippen LogP contribution is 2.22. The van der Waals surface area contributed by atoms with Crippen LogP contribution in [0.3, 0.4) is 0 Å². The van der Waals surface area contributed by atoms with E-state index in [0.717, 1.165) is 22.3 Å². The van der Waals surface area contributed by atoms with Crippen LogP contribution in [0.5, 0.6) is 5.75 Å². The SMILES string of the molecule is COc1ccc(CN(C(=O)Cc2ccc(Cl)cc2)[C@H](Cc2ccccc2)C(=O)NCc2ccc(Cl)cc2Cl)cc1. The summed E-state index contributed by atoms with van der Waals surface area (Å²) in [6, 6.07) is 28.6. The number of carbonyl (C=O) groups is 2. The van der Waals surface area contributed by atoms with E-state index in [9.17, 15) is 9.59 Å². The van der Waals surface area contributed by atoms with Crippen LogP contribution in [-0.2, 0) is 35.5 Å². The molecule has 0 aliphatic heterocycles. The van der Waals surface area contributed by atoms with Gasteiger partial charge in [-0.3, -0.25) is 9.59 Å². The average Bonchev–Trinajstić information content (AvgIpc) is 2.96. The molecule has 0 aromatic heterocycles. The molecule has 0 radical (unpaired) electrons. The summed E-state index contributed by atoms with van der Waals surface area (Å²) in [5.41, 5.74) is 3.34. The predicted molar refractivity (Wildman–Crippen MR) is 161 cm³/mol. The van der Waals surface area contributed by atoms with Crippen LogP contribution >= 0.6 is 34.8 Å². The van der Waals surface area contributed by atoms with Gasteiger partial charge in [-0.15, -0.1) is 0 Å². The molecule has 206 valence electrons. The van der Waals surface area contributed by atoms with E-state index in [1.807, 2.05) is 66.7 Å². The third-order valence-corrected chi connectivity index (χ3v) is 7.36. The molecule has 0 heterocycles. The highest BCUT2D eigenvalue weighted by molar-refractivity contribution is 6.35. The second kappa shape index (κ2) is 14.2. The smallest absolute Gasteiger partial charge is 0.243 e. The van der Waals surface area contributed by atoms with E-state index < -0.39 is 6.04 Å². The van der Waals surface area contributed by atoms with Gasteiger partial charge in [-0.05, 0) is 58.7 Å². The van der Waals surface area contributed by atoms with Crippen molar-refractivity contribution in [2.24, 2.45) is 0 Å². The summed E-state index contributed by atoms with van der Waals surface area (Å²) in [7, 11) is 1.60. The molecule has 0 spiro atoms. The highest BCUT2D eigenvalue weighted by Gasteiger charge is 2.30. The molecule has 5 nitrogen and oxygen atoms in total. The molecule has 0 aliphatic rings. The van der Waals surface area contributed by atoms with Crippen molar-refractivity contribution in [2.75, 3.05) is 7.11 Å². The van der Waals surface area contributed by atoms with E-state index in [1.165, 1.54) is 0 Å². The number of methoxy groups -OCH3 is 1. The molecule has 0 fully saturated rings. The van der Waals surface area contributed by atoms with Crippen LogP contribution in [0.4, 0.5) is 0 Å². The second-order valence-electron chi connectivity index (χ2n) is 9.33. The minimum atomic E-state index is -0.782. The lowest BCUT2D eigenvalue weighted by Crippen LogP contribution is -2.50. The summed E-state index contributed by atoms with van der Waals surface area (Å²) in [5.74, 6) is 0.243. The molecule has 4 rings (SSSR count). The molecule has 1 atom stereocenters. The maximum absolute atomic E-state index is 13.9. The lowest BCUT2D eigenvalue weighted by molar-refractivity contribution is -0.140. The fourth-order valence-electron chi connectivity index (χ4n) is 4.33. The third-order valence-electron chi connectivity index (χ3n) is 6.52. The van der Waals surface area contributed by atoms with E-state index in [2.05, 4.69) is 5.32 Å². The summed E-state index contributed by atoms with van der Waals surface area (Å²) in [5, 5.41) is 4.56. The van der Waals surface area contributed by atoms with E-state index in [1.54, 1.807) is 42.3 Å². The Hall–Kier alpha value is -3.51. The number of hydrogen-bond acceptors (Lipinski definition) is 3. The molecule has 0 unspecified atom stereocenters. The molecule has 40 heavy (non-hydrogen) atoms. The number of nitrogens with one attached hydrogen (secondary N) is 1. The van der Waals surface area contributed by atoms with Crippen molar-refractivity contribution in [1.82, 2.24) is 10.2 Å². The number of carbonyl (C=O) groups excluding carboxylic acids is 2. The molecule has 0 saturated carbocycles. The van der Waals surface area contributed by atoms with E-state index in [-0.39, 0.29) is 31.3 Å². The predicted octanol–water partition coefficient (Wildman–Crippen LogP) is 7.15. The van der Waals surface area contributed by atoms with Gasteiger partial charge in [0.05, 0.1) is 13.5 Å². The molecule has 8 heteroatoms. The molecule has 1 N–H and O–H groups in total. The molecule has 0 bridgehead atoms. The third kappa shape index (κ3) is 8.25. The Morgan fingerprint density at radius 3 is 2.10 bits per heavy atom. The van der Waals surface area contributed by atoms with E-state index >= 15 is 0 Å². The number of nitrogens with zero attached hydrogens (tertiary/aromatic N) is 1. The highest BCUT2D eigenvalue weighted by atomic mass is 35.5. The summed E-state index contributed by atoms with van der Waals surface area (Å²) < 4.78 is 5.29. The quantitative estimate of drug-likeness (QED) is 0.200. The first-order valence-electron chi connectivity index (χ1n) is 12.7. The van der Waals surface area contributed by atoms with Gasteiger partial charge >= 0.3 is 0 Å². The minimum absolute atomic E-state index is 0.120. The van der Waals surface area contributed by atoms with Crippen molar-refractivity contribution in [3.05, 3.63) is 134 Å². The van der Waals surface area contributed by atoms with Crippen LogP contribution in [0.1, 0.15) is 22.3 Å². The van der Waals surface area contributed by atoms with Crippen molar-refractivity contribution >= 4 is 46.6 Å². The van der Waals surface area contributed by atoms with Gasteiger partial charge in [0.1, 0.15) is 11.8 Å². The lowest BCUT2D eigenvalue weighted by atomic mass is 10.0. The molecule has 0 saturated heterocycles. The van der Waals surface area contributed by atoms with Crippen molar-refractivity contribution in [1.29, 1.82) is 0 Å². The van der Waals surface area contributed by atoms with Crippen molar-refractivity contribution < 1.29 is 14.3 Å². The molecular formula is C32H29Cl3N2O3. The summed E-state index contributed by atoms with van der Waals surface area (Å²) >= 11 is 18.4. The zero-order valence-electron chi connectivity index (χ0n) is 21.9. The molecule has 0 aliphatic carbocycles. The lowest BCUT2D eigenvalue weighted by Gasteiger charge is -2.32. The fourth-order valence-corrected chi connectivity index (χ4v) is 4.93. The van der Waals surface area contributed by atoms with Crippen LogP contribution < -0.4 is 10.1 Å². The Labute approximate surface area is 249 Å². The van der Waals surface area contributed by atoms with Gasteiger partial charge < -0.3 is 15.0 Å². The number of amides is 2. The number of halogens is 3. The van der Waals surface area contributed by atoms with Gasteiger partial charge in [0.25, 0.3) is 0 Å². The molecule has 2 amide bonds. The normalized spacial score (nSPS) is 11.5. The van der Waals surface area contributed by atoms with Crippen LogP contribution in [0.25, 0.3) is 0 Å². The zero-order valence-corrected chi connectivity index (χ0v) is 24.2. The number of benzene rings is 4. The number of rotatable bonds is 11. The number of ether oxygens (including phenoxy) is 1. The van der Waals surface area contributed by atoms with Crippen molar-refractivity contribution in [2.45, 2.75) is 32.0 Å². The van der Waals surface area contributed by atoms with Crippen molar-refractivity contribution in [3.63, 3.8) is 0 Å². The molecule has 4 aromatic carbocycles. The van der Waals surface area contributed by atoms with Crippen molar-refractivity contribution in [3.8, 4) is 5.75 Å². The Bertz CT molecular complexity index is 1430. The zero-order chi connectivity index (χ0) is 28.5. The fraction of sp³-hybridized carbons (Fsp3) is 0.188. The maximum atomic E-state index is 13.9. The maximum Gasteiger partial charge on any atom is 0.243 e. The summed E-state index contributed by atoms with van der Waals surface area (Å²) in [4.78, 5) is 29.3. The summed E-state index contributed by atoms with van der Waals surface area (Å²) in [6.07, 6.45) is 0.457. The Balaban J connectivity index is 1.65. The van der Waals surface area contributed by atoms with Crippen LogP contribution in [0, 0.1) is 0 Å². The van der Waals surface area contributed by atoms with E-state index in [0.29, 0.717) is 27.2 Å². The van der Waals surface area contributed by atoms with Gasteiger partial charge in [0.15, 0.2) is 0 Å². The Morgan fingerprint density at radius 1 is 0.800 bits per heavy atom. The van der Waals surface area contributed by atoms with Gasteiger partial charge in [-0.25, -0.2) is 0 Å². The average molecular weight is 596 g/mol. The number of hydrogen-bond donors (Lipinski definition) is 1. The first kappa shape index (κ1) is 29.5. The first-order valence-corrected chi connectivity index (χ1v) is 13.9.